The van der Waals surface area contributed by atoms with Crippen LogP contribution in [0.3, 0.4) is 0 Å². The van der Waals surface area contributed by atoms with E-state index in [1.807, 2.05) is 6.07 Å². The first-order chi connectivity index (χ1) is 12.0. The molecule has 0 bridgehead atoms. The van der Waals surface area contributed by atoms with E-state index in [1.54, 1.807) is 37.4 Å². The molecular formula is C18H15ClN2O4. The highest BCUT2D eigenvalue weighted by Crippen LogP contribution is 2.20. The quantitative estimate of drug-likeness (QED) is 0.801. The van der Waals surface area contributed by atoms with Gasteiger partial charge in [-0.05, 0) is 35.9 Å². The van der Waals surface area contributed by atoms with Crippen molar-refractivity contribution >= 4 is 29.2 Å². The number of benzene rings is 2. The van der Waals surface area contributed by atoms with Crippen LogP contribution in [0.2, 0.25) is 5.02 Å². The van der Waals surface area contributed by atoms with Crippen LogP contribution in [0.15, 0.2) is 42.5 Å². The van der Waals surface area contributed by atoms with E-state index in [1.165, 1.54) is 12.1 Å². The number of nitriles is 1. The lowest BCUT2D eigenvalue weighted by molar-refractivity contribution is -0.119. The SMILES string of the molecule is COCc1ccc(C(=O)OCC(=O)Nc2ccc(C#N)c(Cl)c2)cc1. The fourth-order valence-electron chi connectivity index (χ4n) is 2.00. The fourth-order valence-corrected chi connectivity index (χ4v) is 2.22. The van der Waals surface area contributed by atoms with Gasteiger partial charge in [0.25, 0.3) is 5.91 Å². The van der Waals surface area contributed by atoms with Crippen molar-refractivity contribution in [3.8, 4) is 6.07 Å². The van der Waals surface area contributed by atoms with Crippen molar-refractivity contribution in [1.29, 1.82) is 5.26 Å². The summed E-state index contributed by atoms with van der Waals surface area (Å²) in [6, 6.07) is 13.1. The summed E-state index contributed by atoms with van der Waals surface area (Å²) in [6.45, 7) is 0.0150. The van der Waals surface area contributed by atoms with Gasteiger partial charge < -0.3 is 14.8 Å². The standard InChI is InChI=1S/C18H15ClN2O4/c1-24-10-12-2-4-13(5-3-12)18(23)25-11-17(22)21-15-7-6-14(9-20)16(19)8-15/h2-8H,10-11H2,1H3,(H,21,22). The van der Waals surface area contributed by atoms with Crippen molar-refractivity contribution in [3.05, 3.63) is 64.2 Å². The Balaban J connectivity index is 1.87. The second kappa shape index (κ2) is 8.83. The molecule has 6 nitrogen and oxygen atoms in total. The first-order valence-corrected chi connectivity index (χ1v) is 7.66. The Hall–Kier alpha value is -2.88. The van der Waals surface area contributed by atoms with E-state index in [-0.39, 0.29) is 5.02 Å². The summed E-state index contributed by atoms with van der Waals surface area (Å²) in [5, 5.41) is 11.6. The number of rotatable bonds is 6. The minimum atomic E-state index is -0.600. The van der Waals surface area contributed by atoms with Crippen LogP contribution in [0.25, 0.3) is 0 Å². The summed E-state index contributed by atoms with van der Waals surface area (Å²) in [5.74, 6) is -1.11. The number of amides is 1. The van der Waals surface area contributed by atoms with Crippen LogP contribution >= 0.6 is 11.6 Å². The summed E-state index contributed by atoms with van der Waals surface area (Å²) < 4.78 is 9.96. The monoisotopic (exact) mass is 358 g/mol. The van der Waals surface area contributed by atoms with Gasteiger partial charge >= 0.3 is 5.97 Å². The molecule has 0 aromatic heterocycles. The second-order valence-electron chi connectivity index (χ2n) is 5.06. The van der Waals surface area contributed by atoms with Crippen molar-refractivity contribution in [2.45, 2.75) is 6.61 Å². The van der Waals surface area contributed by atoms with Crippen LogP contribution in [0.4, 0.5) is 5.69 Å². The number of nitrogens with one attached hydrogen (secondary N) is 1. The number of hydrogen-bond donors (Lipinski definition) is 1. The Bertz CT molecular complexity index is 813. The molecule has 0 unspecified atom stereocenters. The highest BCUT2D eigenvalue weighted by Gasteiger charge is 2.11. The lowest BCUT2D eigenvalue weighted by Crippen LogP contribution is -2.21. The molecule has 2 rings (SSSR count). The van der Waals surface area contributed by atoms with Gasteiger partial charge in [0.2, 0.25) is 0 Å². The number of methoxy groups -OCH3 is 1. The van der Waals surface area contributed by atoms with Crippen molar-refractivity contribution < 1.29 is 19.1 Å². The zero-order valence-corrected chi connectivity index (χ0v) is 14.2. The maximum Gasteiger partial charge on any atom is 0.338 e. The Morgan fingerprint density at radius 1 is 1.20 bits per heavy atom. The highest BCUT2D eigenvalue weighted by molar-refractivity contribution is 6.32. The van der Waals surface area contributed by atoms with E-state index in [0.717, 1.165) is 5.56 Å². The third-order valence-corrected chi connectivity index (χ3v) is 3.52. The van der Waals surface area contributed by atoms with Crippen LogP contribution in [0, 0.1) is 11.3 Å². The molecule has 128 valence electrons. The maximum absolute atomic E-state index is 11.9. The summed E-state index contributed by atoms with van der Waals surface area (Å²) >= 11 is 5.89. The summed E-state index contributed by atoms with van der Waals surface area (Å²) in [6.07, 6.45) is 0. The fraction of sp³-hybridized carbons (Fsp3) is 0.167. The van der Waals surface area contributed by atoms with E-state index < -0.39 is 18.5 Å². The summed E-state index contributed by atoms with van der Waals surface area (Å²) in [7, 11) is 1.59. The van der Waals surface area contributed by atoms with Crippen LogP contribution in [0.5, 0.6) is 0 Å². The molecule has 0 aliphatic heterocycles. The molecule has 0 saturated carbocycles. The van der Waals surface area contributed by atoms with Gasteiger partial charge in [0.05, 0.1) is 22.8 Å². The molecule has 2 aromatic rings. The molecule has 0 fully saturated rings. The van der Waals surface area contributed by atoms with E-state index in [4.69, 9.17) is 26.3 Å². The molecule has 0 heterocycles. The van der Waals surface area contributed by atoms with Crippen molar-refractivity contribution in [2.75, 3.05) is 19.0 Å². The summed E-state index contributed by atoms with van der Waals surface area (Å²) in [4.78, 5) is 23.8. The minimum absolute atomic E-state index is 0.230. The van der Waals surface area contributed by atoms with Crippen LogP contribution in [-0.4, -0.2) is 25.6 Å². The normalized spacial score (nSPS) is 9.96. The zero-order valence-electron chi connectivity index (χ0n) is 13.4. The minimum Gasteiger partial charge on any atom is -0.452 e. The van der Waals surface area contributed by atoms with Crippen LogP contribution < -0.4 is 5.32 Å². The first kappa shape index (κ1) is 18.5. The molecule has 0 aliphatic rings. The molecule has 1 N–H and O–H groups in total. The van der Waals surface area contributed by atoms with Gasteiger partial charge in [-0.15, -0.1) is 0 Å². The third-order valence-electron chi connectivity index (χ3n) is 3.21. The molecule has 0 radical (unpaired) electrons. The van der Waals surface area contributed by atoms with Crippen LogP contribution in [-0.2, 0) is 20.9 Å². The zero-order chi connectivity index (χ0) is 18.2. The van der Waals surface area contributed by atoms with Gasteiger partial charge in [0.15, 0.2) is 6.61 Å². The predicted octanol–water partition coefficient (Wildman–Crippen LogP) is 3.15. The Morgan fingerprint density at radius 3 is 2.52 bits per heavy atom. The molecular weight excluding hydrogens is 344 g/mol. The number of ether oxygens (including phenoxy) is 2. The molecule has 0 spiro atoms. The van der Waals surface area contributed by atoms with Crippen molar-refractivity contribution in [2.24, 2.45) is 0 Å². The van der Waals surface area contributed by atoms with Gasteiger partial charge in [0, 0.05) is 12.8 Å². The first-order valence-electron chi connectivity index (χ1n) is 7.28. The second-order valence-corrected chi connectivity index (χ2v) is 5.47. The molecule has 2 aromatic carbocycles. The number of carbonyl (C=O) groups excluding carboxylic acids is 2. The predicted molar refractivity (Wildman–Crippen MR) is 92.2 cm³/mol. The lowest BCUT2D eigenvalue weighted by Gasteiger charge is -2.08. The topological polar surface area (TPSA) is 88.4 Å². The molecule has 25 heavy (non-hydrogen) atoms. The van der Waals surface area contributed by atoms with E-state index in [9.17, 15) is 9.59 Å². The molecule has 7 heteroatoms. The average Bonchev–Trinajstić information content (AvgIpc) is 2.61. The van der Waals surface area contributed by atoms with E-state index >= 15 is 0 Å². The highest BCUT2D eigenvalue weighted by atomic mass is 35.5. The van der Waals surface area contributed by atoms with Gasteiger partial charge in [-0.1, -0.05) is 23.7 Å². The van der Waals surface area contributed by atoms with Gasteiger partial charge in [-0.25, -0.2) is 4.79 Å². The smallest absolute Gasteiger partial charge is 0.338 e. The third kappa shape index (κ3) is 5.31. The molecule has 0 saturated heterocycles. The number of hydrogen-bond acceptors (Lipinski definition) is 5. The summed E-state index contributed by atoms with van der Waals surface area (Å²) in [5.41, 5.74) is 1.99. The number of anilines is 1. The van der Waals surface area contributed by atoms with Crippen molar-refractivity contribution in [1.82, 2.24) is 0 Å². The number of nitrogens with zero attached hydrogens (tertiary/aromatic N) is 1. The van der Waals surface area contributed by atoms with Crippen molar-refractivity contribution in [3.63, 3.8) is 0 Å². The average molecular weight is 359 g/mol. The number of halogens is 1. The molecule has 0 atom stereocenters. The molecule has 1 amide bonds. The van der Waals surface area contributed by atoms with Crippen LogP contribution in [0.1, 0.15) is 21.5 Å². The van der Waals surface area contributed by atoms with E-state index in [2.05, 4.69) is 5.32 Å². The Morgan fingerprint density at radius 2 is 1.92 bits per heavy atom. The van der Waals surface area contributed by atoms with Gasteiger partial charge in [-0.3, -0.25) is 4.79 Å². The number of esters is 1. The Kier molecular flexibility index (Phi) is 6.52. The maximum atomic E-state index is 11.9. The van der Waals surface area contributed by atoms with E-state index in [0.29, 0.717) is 23.4 Å². The number of carbonyl (C=O) groups is 2. The lowest BCUT2D eigenvalue weighted by atomic mass is 10.1. The molecule has 0 aliphatic carbocycles. The largest absolute Gasteiger partial charge is 0.452 e. The van der Waals surface area contributed by atoms with Gasteiger partial charge in [-0.2, -0.15) is 5.26 Å². The Labute approximate surface area is 149 Å². The van der Waals surface area contributed by atoms with Gasteiger partial charge in [0.1, 0.15) is 6.07 Å².